The van der Waals surface area contributed by atoms with Gasteiger partial charge < -0.3 is 14.4 Å². The highest BCUT2D eigenvalue weighted by Gasteiger charge is 2.17. The Labute approximate surface area is 158 Å². The number of rotatable bonds is 6. The monoisotopic (exact) mass is 363 g/mol. The van der Waals surface area contributed by atoms with Crippen molar-refractivity contribution in [3.05, 3.63) is 72.3 Å². The first-order valence-corrected chi connectivity index (χ1v) is 8.73. The molecule has 0 bridgehead atoms. The number of amides is 1. The minimum absolute atomic E-state index is 0.0887. The molecule has 0 aliphatic rings. The summed E-state index contributed by atoms with van der Waals surface area (Å²) in [5.41, 5.74) is 1.30. The van der Waals surface area contributed by atoms with Gasteiger partial charge in [-0.2, -0.15) is 0 Å². The van der Waals surface area contributed by atoms with Gasteiger partial charge in [-0.3, -0.25) is 4.79 Å². The molecule has 0 unspecified atom stereocenters. The zero-order valence-electron chi connectivity index (χ0n) is 15.3. The van der Waals surface area contributed by atoms with E-state index in [-0.39, 0.29) is 12.5 Å². The standard InChI is InChI=1S/C22H21NO4/c1-3-23(20-10-6-8-16-7-4-5-9-19(16)20)21(24)15-27-18-13-11-17(12-14-18)22(25)26-2/h4-14H,3,15H2,1-2H3. The molecule has 3 aromatic rings. The van der Waals surface area contributed by atoms with Gasteiger partial charge in [-0.1, -0.05) is 36.4 Å². The Morgan fingerprint density at radius 3 is 2.33 bits per heavy atom. The highest BCUT2D eigenvalue weighted by Crippen LogP contribution is 2.26. The third-order valence-electron chi connectivity index (χ3n) is 4.31. The lowest BCUT2D eigenvalue weighted by atomic mass is 10.1. The van der Waals surface area contributed by atoms with Gasteiger partial charge in [-0.25, -0.2) is 4.79 Å². The lowest BCUT2D eigenvalue weighted by Crippen LogP contribution is -2.34. The largest absolute Gasteiger partial charge is 0.484 e. The molecule has 3 aromatic carbocycles. The van der Waals surface area contributed by atoms with Crippen molar-refractivity contribution in [1.29, 1.82) is 0 Å². The fourth-order valence-electron chi connectivity index (χ4n) is 2.95. The molecule has 1 amide bonds. The lowest BCUT2D eigenvalue weighted by Gasteiger charge is -2.23. The van der Waals surface area contributed by atoms with Crippen LogP contribution >= 0.6 is 0 Å². The number of methoxy groups -OCH3 is 1. The first-order chi connectivity index (χ1) is 13.1. The second-order valence-corrected chi connectivity index (χ2v) is 5.94. The molecule has 0 heterocycles. The molecule has 0 saturated heterocycles. The number of nitrogens with zero attached hydrogens (tertiary/aromatic N) is 1. The fourth-order valence-corrected chi connectivity index (χ4v) is 2.95. The van der Waals surface area contributed by atoms with Gasteiger partial charge in [0.15, 0.2) is 6.61 Å². The van der Waals surface area contributed by atoms with Crippen LogP contribution in [-0.4, -0.2) is 32.1 Å². The van der Waals surface area contributed by atoms with Gasteiger partial charge in [0, 0.05) is 11.9 Å². The lowest BCUT2D eigenvalue weighted by molar-refractivity contribution is -0.120. The van der Waals surface area contributed by atoms with Crippen LogP contribution < -0.4 is 9.64 Å². The van der Waals surface area contributed by atoms with E-state index in [2.05, 4.69) is 4.74 Å². The van der Waals surface area contributed by atoms with Crippen LogP contribution in [0.1, 0.15) is 17.3 Å². The van der Waals surface area contributed by atoms with E-state index in [0.29, 0.717) is 17.9 Å². The average Bonchev–Trinajstić information content (AvgIpc) is 2.72. The number of hydrogen-bond acceptors (Lipinski definition) is 4. The number of likely N-dealkylation sites (N-methyl/N-ethyl adjacent to an activating group) is 1. The number of esters is 1. The molecular weight excluding hydrogens is 342 g/mol. The van der Waals surface area contributed by atoms with Gasteiger partial charge in [-0.05, 0) is 42.6 Å². The summed E-state index contributed by atoms with van der Waals surface area (Å²) < 4.78 is 10.3. The van der Waals surface area contributed by atoms with Crippen molar-refractivity contribution in [2.75, 3.05) is 25.2 Å². The summed E-state index contributed by atoms with van der Waals surface area (Å²) >= 11 is 0. The maximum Gasteiger partial charge on any atom is 0.337 e. The van der Waals surface area contributed by atoms with Crippen molar-refractivity contribution in [2.24, 2.45) is 0 Å². The Balaban J connectivity index is 1.73. The quantitative estimate of drug-likeness (QED) is 0.620. The Hall–Kier alpha value is -3.34. The van der Waals surface area contributed by atoms with Crippen LogP contribution in [0.15, 0.2) is 66.7 Å². The molecule has 0 aromatic heterocycles. The predicted octanol–water partition coefficient (Wildman–Crippen LogP) is 4.06. The van der Waals surface area contributed by atoms with Crippen LogP contribution in [0.5, 0.6) is 5.75 Å². The van der Waals surface area contributed by atoms with Crippen molar-refractivity contribution in [3.63, 3.8) is 0 Å². The minimum Gasteiger partial charge on any atom is -0.484 e. The van der Waals surface area contributed by atoms with Crippen LogP contribution in [0.2, 0.25) is 0 Å². The average molecular weight is 363 g/mol. The molecule has 138 valence electrons. The molecule has 0 spiro atoms. The SMILES string of the molecule is CCN(C(=O)COc1ccc(C(=O)OC)cc1)c1cccc2ccccc12. The summed E-state index contributed by atoms with van der Waals surface area (Å²) in [7, 11) is 1.33. The van der Waals surface area contributed by atoms with Crippen molar-refractivity contribution in [2.45, 2.75) is 6.92 Å². The number of carbonyl (C=O) groups is 2. The molecule has 0 aliphatic heterocycles. The normalized spacial score (nSPS) is 10.4. The van der Waals surface area contributed by atoms with Crippen LogP contribution in [-0.2, 0) is 9.53 Å². The van der Waals surface area contributed by atoms with Gasteiger partial charge in [0.1, 0.15) is 5.75 Å². The number of fused-ring (bicyclic) bond motifs is 1. The summed E-state index contributed by atoms with van der Waals surface area (Å²) in [5.74, 6) is -0.0263. The number of ether oxygens (including phenoxy) is 2. The zero-order valence-corrected chi connectivity index (χ0v) is 15.3. The molecule has 0 aliphatic carbocycles. The van der Waals surface area contributed by atoms with Gasteiger partial charge in [0.25, 0.3) is 5.91 Å². The Bertz CT molecular complexity index is 945. The first kappa shape index (κ1) is 18.5. The topological polar surface area (TPSA) is 55.8 Å². The summed E-state index contributed by atoms with van der Waals surface area (Å²) in [4.78, 5) is 25.9. The molecule has 5 nitrogen and oxygen atoms in total. The number of anilines is 1. The Kier molecular flexibility index (Phi) is 5.71. The van der Waals surface area contributed by atoms with E-state index in [1.807, 2.05) is 49.4 Å². The number of benzene rings is 3. The molecule has 27 heavy (non-hydrogen) atoms. The van der Waals surface area contributed by atoms with E-state index in [0.717, 1.165) is 16.5 Å². The molecule has 5 heteroatoms. The van der Waals surface area contributed by atoms with Crippen molar-refractivity contribution in [1.82, 2.24) is 0 Å². The summed E-state index contributed by atoms with van der Waals surface area (Å²) in [6, 6.07) is 20.4. The van der Waals surface area contributed by atoms with E-state index < -0.39 is 5.97 Å². The van der Waals surface area contributed by atoms with E-state index in [1.165, 1.54) is 7.11 Å². The second-order valence-electron chi connectivity index (χ2n) is 5.94. The van der Waals surface area contributed by atoms with Gasteiger partial charge in [-0.15, -0.1) is 0 Å². The van der Waals surface area contributed by atoms with Crippen molar-refractivity contribution in [3.8, 4) is 5.75 Å². The number of carbonyl (C=O) groups excluding carboxylic acids is 2. The van der Waals surface area contributed by atoms with Crippen LogP contribution in [0.25, 0.3) is 10.8 Å². The highest BCUT2D eigenvalue weighted by atomic mass is 16.5. The number of hydrogen-bond donors (Lipinski definition) is 0. The summed E-state index contributed by atoms with van der Waals surface area (Å²) in [6.07, 6.45) is 0. The maximum absolute atomic E-state index is 12.7. The van der Waals surface area contributed by atoms with Crippen LogP contribution in [0.3, 0.4) is 0 Å². The van der Waals surface area contributed by atoms with Crippen LogP contribution in [0, 0.1) is 0 Å². The maximum atomic E-state index is 12.7. The Morgan fingerprint density at radius 2 is 1.63 bits per heavy atom. The summed E-state index contributed by atoms with van der Waals surface area (Å²) in [5, 5.41) is 2.11. The third kappa shape index (κ3) is 4.08. The van der Waals surface area contributed by atoms with Gasteiger partial charge in [0.2, 0.25) is 0 Å². The molecule has 0 atom stereocenters. The zero-order chi connectivity index (χ0) is 19.2. The van der Waals surface area contributed by atoms with E-state index in [1.54, 1.807) is 29.2 Å². The first-order valence-electron chi connectivity index (χ1n) is 8.73. The van der Waals surface area contributed by atoms with E-state index in [9.17, 15) is 9.59 Å². The summed E-state index contributed by atoms with van der Waals surface area (Å²) in [6.45, 7) is 2.39. The molecule has 0 radical (unpaired) electrons. The van der Waals surface area contributed by atoms with Gasteiger partial charge in [0.05, 0.1) is 18.4 Å². The molecular formula is C22H21NO4. The minimum atomic E-state index is -0.411. The van der Waals surface area contributed by atoms with E-state index in [4.69, 9.17) is 4.74 Å². The van der Waals surface area contributed by atoms with Gasteiger partial charge >= 0.3 is 5.97 Å². The third-order valence-corrected chi connectivity index (χ3v) is 4.31. The van der Waals surface area contributed by atoms with Crippen molar-refractivity contribution < 1.29 is 19.1 Å². The molecule has 0 fully saturated rings. The highest BCUT2D eigenvalue weighted by molar-refractivity contribution is 6.04. The smallest absolute Gasteiger partial charge is 0.337 e. The molecule has 3 rings (SSSR count). The van der Waals surface area contributed by atoms with Crippen LogP contribution in [0.4, 0.5) is 5.69 Å². The second kappa shape index (κ2) is 8.36. The molecule has 0 saturated carbocycles. The fraction of sp³-hybridized carbons (Fsp3) is 0.182. The van der Waals surface area contributed by atoms with E-state index >= 15 is 0 Å². The predicted molar refractivity (Wildman–Crippen MR) is 105 cm³/mol. The molecule has 0 N–H and O–H groups in total. The van der Waals surface area contributed by atoms with Crippen molar-refractivity contribution >= 4 is 28.3 Å². The Morgan fingerprint density at radius 1 is 0.926 bits per heavy atom.